The Morgan fingerprint density at radius 3 is 2.39 bits per heavy atom. The lowest BCUT2D eigenvalue weighted by Crippen LogP contribution is -1.95. The van der Waals surface area contributed by atoms with Crippen molar-refractivity contribution in [2.45, 2.75) is 6.54 Å². The average molecular weight is 311 g/mol. The third-order valence-corrected chi connectivity index (χ3v) is 3.19. The Labute approximate surface area is 131 Å². The maximum atomic E-state index is 10.6. The molecule has 0 amide bonds. The van der Waals surface area contributed by atoms with Crippen LogP contribution in [0.4, 0.5) is 17.4 Å². The molecule has 0 radical (unpaired) electrons. The molecule has 23 heavy (non-hydrogen) atoms. The summed E-state index contributed by atoms with van der Waals surface area (Å²) in [6.07, 6.45) is 0. The summed E-state index contributed by atoms with van der Waals surface area (Å²) in [6.45, 7) is 0.469. The molecule has 8 nitrogen and oxygen atoms in total. The minimum Gasteiger partial charge on any atom is -0.403 e. The van der Waals surface area contributed by atoms with Gasteiger partial charge in [-0.1, -0.05) is 17.2 Å². The van der Waals surface area contributed by atoms with Crippen LogP contribution in [-0.4, -0.2) is 15.1 Å². The lowest BCUT2D eigenvalue weighted by Gasteiger charge is -2.00. The van der Waals surface area contributed by atoms with Crippen LogP contribution in [0.3, 0.4) is 0 Å². The van der Waals surface area contributed by atoms with Crippen molar-refractivity contribution in [3.05, 3.63) is 64.2 Å². The first-order chi connectivity index (χ1) is 11.2. The molecule has 0 aliphatic rings. The molecule has 116 valence electrons. The van der Waals surface area contributed by atoms with E-state index in [1.54, 1.807) is 12.1 Å². The molecule has 3 aromatic rings. The van der Waals surface area contributed by atoms with E-state index in [9.17, 15) is 10.1 Å². The summed E-state index contributed by atoms with van der Waals surface area (Å²) in [5.41, 5.74) is 7.98. The zero-order valence-corrected chi connectivity index (χ0v) is 12.0. The van der Waals surface area contributed by atoms with E-state index in [1.165, 1.54) is 12.1 Å². The Morgan fingerprint density at radius 2 is 1.78 bits per heavy atom. The monoisotopic (exact) mass is 311 g/mol. The second-order valence-electron chi connectivity index (χ2n) is 4.74. The first-order valence-corrected chi connectivity index (χ1v) is 6.80. The fourth-order valence-corrected chi connectivity index (χ4v) is 1.96. The molecule has 0 unspecified atom stereocenters. The van der Waals surface area contributed by atoms with Crippen LogP contribution in [0, 0.1) is 10.1 Å². The summed E-state index contributed by atoms with van der Waals surface area (Å²) in [6, 6.07) is 13.6. The molecule has 8 heteroatoms. The molecule has 0 saturated heterocycles. The van der Waals surface area contributed by atoms with Gasteiger partial charge < -0.3 is 15.5 Å². The van der Waals surface area contributed by atoms with Gasteiger partial charge in [0.1, 0.15) is 0 Å². The van der Waals surface area contributed by atoms with Crippen molar-refractivity contribution in [3.63, 3.8) is 0 Å². The van der Waals surface area contributed by atoms with Crippen LogP contribution in [0.25, 0.3) is 11.5 Å². The van der Waals surface area contributed by atoms with E-state index in [4.69, 9.17) is 10.2 Å². The van der Waals surface area contributed by atoms with E-state index in [2.05, 4.69) is 15.5 Å². The Kier molecular flexibility index (Phi) is 3.98. The highest BCUT2D eigenvalue weighted by Crippen LogP contribution is 2.23. The predicted octanol–water partition coefficient (Wildman–Crippen LogP) is 2.85. The summed E-state index contributed by atoms with van der Waals surface area (Å²) < 4.78 is 5.53. The summed E-state index contributed by atoms with van der Waals surface area (Å²) in [4.78, 5) is 10.2. The summed E-state index contributed by atoms with van der Waals surface area (Å²) in [5.74, 6) is 0.373. The molecule has 0 atom stereocenters. The van der Waals surface area contributed by atoms with Gasteiger partial charge in [0.15, 0.2) is 0 Å². The van der Waals surface area contributed by atoms with E-state index in [1.807, 2.05) is 24.3 Å². The summed E-state index contributed by atoms with van der Waals surface area (Å²) in [7, 11) is 0. The molecule has 1 aromatic heterocycles. The molecule has 0 fully saturated rings. The van der Waals surface area contributed by atoms with Crippen LogP contribution in [-0.2, 0) is 6.54 Å². The highest BCUT2D eigenvalue weighted by atomic mass is 16.6. The van der Waals surface area contributed by atoms with Crippen molar-refractivity contribution in [3.8, 4) is 11.5 Å². The zero-order chi connectivity index (χ0) is 16.2. The van der Waals surface area contributed by atoms with Crippen LogP contribution < -0.4 is 11.1 Å². The number of benzene rings is 2. The maximum Gasteiger partial charge on any atom is 0.320 e. The van der Waals surface area contributed by atoms with Crippen LogP contribution >= 0.6 is 0 Å². The van der Waals surface area contributed by atoms with E-state index >= 15 is 0 Å². The molecule has 0 bridgehead atoms. The maximum absolute atomic E-state index is 10.6. The normalized spacial score (nSPS) is 10.5. The number of nitrogens with zero attached hydrogens (tertiary/aromatic N) is 3. The van der Waals surface area contributed by atoms with Gasteiger partial charge in [0, 0.05) is 29.9 Å². The number of rotatable bonds is 5. The van der Waals surface area contributed by atoms with Gasteiger partial charge >= 0.3 is 6.01 Å². The van der Waals surface area contributed by atoms with Gasteiger partial charge in [-0.25, -0.2) is 0 Å². The van der Waals surface area contributed by atoms with Crippen LogP contribution in [0.15, 0.2) is 52.9 Å². The van der Waals surface area contributed by atoms with Crippen molar-refractivity contribution < 1.29 is 9.34 Å². The van der Waals surface area contributed by atoms with Crippen LogP contribution in [0.2, 0.25) is 0 Å². The van der Waals surface area contributed by atoms with Gasteiger partial charge in [-0.05, 0) is 29.8 Å². The Bertz CT molecular complexity index is 812. The number of nitrogens with one attached hydrogen (secondary N) is 1. The van der Waals surface area contributed by atoms with Gasteiger partial charge in [-0.15, -0.1) is 5.10 Å². The quantitative estimate of drug-likeness (QED) is 0.549. The van der Waals surface area contributed by atoms with Crippen LogP contribution in [0.1, 0.15) is 5.56 Å². The highest BCUT2D eigenvalue weighted by molar-refractivity contribution is 5.57. The van der Waals surface area contributed by atoms with Crippen LogP contribution in [0.5, 0.6) is 0 Å². The fraction of sp³-hybridized carbons (Fsp3) is 0.0667. The molecule has 0 aliphatic carbocycles. The number of nitrogens with two attached hydrogens (primary N) is 1. The van der Waals surface area contributed by atoms with Crippen molar-refractivity contribution in [1.82, 2.24) is 10.2 Å². The Morgan fingerprint density at radius 1 is 1.09 bits per heavy atom. The number of anilines is 2. The minimum atomic E-state index is -0.459. The minimum absolute atomic E-state index is 0.0155. The fourth-order valence-electron chi connectivity index (χ4n) is 1.96. The van der Waals surface area contributed by atoms with Gasteiger partial charge in [-0.2, -0.15) is 0 Å². The van der Waals surface area contributed by atoms with Gasteiger partial charge in [0.25, 0.3) is 5.69 Å². The van der Waals surface area contributed by atoms with E-state index in [0.29, 0.717) is 18.1 Å². The van der Waals surface area contributed by atoms with E-state index in [-0.39, 0.29) is 11.7 Å². The first-order valence-electron chi connectivity index (χ1n) is 6.80. The first kappa shape index (κ1) is 14.7. The molecule has 1 heterocycles. The second kappa shape index (κ2) is 6.24. The second-order valence-corrected chi connectivity index (χ2v) is 4.74. The number of aromatic nitrogens is 2. The van der Waals surface area contributed by atoms with E-state index < -0.39 is 4.92 Å². The number of hydrogen-bond donors (Lipinski definition) is 2. The summed E-state index contributed by atoms with van der Waals surface area (Å²) in [5, 5.41) is 21.4. The lowest BCUT2D eigenvalue weighted by atomic mass is 10.1. The van der Waals surface area contributed by atoms with Gasteiger partial charge in [0.05, 0.1) is 4.92 Å². The van der Waals surface area contributed by atoms with Crippen molar-refractivity contribution in [1.29, 1.82) is 0 Å². The molecule has 2 aromatic carbocycles. The Balaban J connectivity index is 1.74. The molecular weight excluding hydrogens is 298 g/mol. The van der Waals surface area contributed by atoms with E-state index in [0.717, 1.165) is 11.1 Å². The largest absolute Gasteiger partial charge is 0.403 e. The topological polar surface area (TPSA) is 120 Å². The standard InChI is InChI=1S/C15H13N5O3/c16-9-10-1-3-11(4-2-10)14-18-19-15(23-14)17-12-5-7-13(8-6-12)20(21)22/h1-8H,9,16H2,(H,17,19). The third kappa shape index (κ3) is 3.33. The van der Waals surface area contributed by atoms with Gasteiger partial charge in [0.2, 0.25) is 5.89 Å². The SMILES string of the molecule is NCc1ccc(-c2nnc(Nc3ccc([N+](=O)[O-])cc3)o2)cc1. The number of non-ortho nitro benzene ring substituents is 1. The predicted molar refractivity (Wildman–Crippen MR) is 84.0 cm³/mol. The molecular formula is C15H13N5O3. The van der Waals surface area contributed by atoms with Gasteiger partial charge in [-0.3, -0.25) is 10.1 Å². The molecule has 3 N–H and O–H groups in total. The number of hydrogen-bond acceptors (Lipinski definition) is 7. The smallest absolute Gasteiger partial charge is 0.320 e. The van der Waals surface area contributed by atoms with Crippen molar-refractivity contribution in [2.75, 3.05) is 5.32 Å². The molecule has 3 rings (SSSR count). The van der Waals surface area contributed by atoms with Crippen molar-refractivity contribution in [2.24, 2.45) is 5.73 Å². The number of nitro groups is 1. The molecule has 0 aliphatic heterocycles. The highest BCUT2D eigenvalue weighted by Gasteiger charge is 2.10. The average Bonchev–Trinajstić information content (AvgIpc) is 3.04. The molecule has 0 spiro atoms. The lowest BCUT2D eigenvalue weighted by molar-refractivity contribution is -0.384. The number of nitro benzene ring substituents is 1. The third-order valence-electron chi connectivity index (χ3n) is 3.19. The Hall–Kier alpha value is -3.26. The zero-order valence-electron chi connectivity index (χ0n) is 12.0. The molecule has 0 saturated carbocycles. The summed E-state index contributed by atoms with van der Waals surface area (Å²) >= 11 is 0. The van der Waals surface area contributed by atoms with Crippen molar-refractivity contribution >= 4 is 17.4 Å².